The molecule has 1 N–H and O–H groups in total. The van der Waals surface area contributed by atoms with Crippen molar-refractivity contribution < 1.29 is 14.6 Å². The number of aliphatic hydroxyl groups excluding tert-OH is 1. The first kappa shape index (κ1) is 20.2. The van der Waals surface area contributed by atoms with Crippen molar-refractivity contribution in [3.05, 3.63) is 0 Å². The van der Waals surface area contributed by atoms with Crippen LogP contribution in [-0.2, 0) is 9.53 Å². The van der Waals surface area contributed by atoms with Gasteiger partial charge in [-0.25, -0.2) is 0 Å². The minimum absolute atomic E-state index is 0.0569. The molecule has 0 aromatic carbocycles. The first-order valence-electron chi connectivity index (χ1n) is 11.0. The van der Waals surface area contributed by atoms with Crippen LogP contribution >= 0.6 is 0 Å². The van der Waals surface area contributed by atoms with Gasteiger partial charge in [-0.2, -0.15) is 0 Å². The summed E-state index contributed by atoms with van der Waals surface area (Å²) in [4.78, 5) is 13.1. The lowest BCUT2D eigenvalue weighted by molar-refractivity contribution is -0.172. The molecule has 3 aliphatic carbocycles. The predicted molar refractivity (Wildman–Crippen MR) is 104 cm³/mol. The first-order valence-corrected chi connectivity index (χ1v) is 11.0. The van der Waals surface area contributed by atoms with Crippen LogP contribution in [0.2, 0.25) is 0 Å². The highest BCUT2D eigenvalue weighted by atomic mass is 16.6. The van der Waals surface area contributed by atoms with E-state index >= 15 is 0 Å². The third-order valence-corrected chi connectivity index (χ3v) is 8.02. The van der Waals surface area contributed by atoms with Gasteiger partial charge in [0.2, 0.25) is 0 Å². The fraction of sp³-hybridized carbons (Fsp3) is 0.957. The van der Waals surface area contributed by atoms with Crippen LogP contribution in [0.1, 0.15) is 80.1 Å². The molecular weight excluding hydrogens is 324 g/mol. The highest BCUT2D eigenvalue weighted by molar-refractivity contribution is 5.74. The van der Waals surface area contributed by atoms with Crippen molar-refractivity contribution in [2.24, 2.45) is 47.3 Å². The van der Waals surface area contributed by atoms with Gasteiger partial charge in [-0.05, 0) is 93.8 Å². The summed E-state index contributed by atoms with van der Waals surface area (Å²) in [5.74, 6) is 4.55. The van der Waals surface area contributed by atoms with E-state index in [0.717, 1.165) is 38.0 Å². The number of hydrogen-bond acceptors (Lipinski definition) is 3. The van der Waals surface area contributed by atoms with Crippen LogP contribution in [0.15, 0.2) is 0 Å². The van der Waals surface area contributed by atoms with Crippen LogP contribution in [0, 0.1) is 47.3 Å². The normalized spacial score (nSPS) is 40.4. The van der Waals surface area contributed by atoms with Crippen LogP contribution < -0.4 is 0 Å². The van der Waals surface area contributed by atoms with Crippen molar-refractivity contribution in [1.82, 2.24) is 0 Å². The Morgan fingerprint density at radius 1 is 0.962 bits per heavy atom. The molecule has 0 aliphatic heterocycles. The van der Waals surface area contributed by atoms with E-state index < -0.39 is 5.60 Å². The highest BCUT2D eigenvalue weighted by Gasteiger charge is 2.56. The van der Waals surface area contributed by atoms with E-state index in [9.17, 15) is 9.90 Å². The van der Waals surface area contributed by atoms with Crippen molar-refractivity contribution in [2.75, 3.05) is 0 Å². The summed E-state index contributed by atoms with van der Waals surface area (Å²) < 4.78 is 6.15. The molecule has 0 radical (unpaired) electrons. The standard InChI is InChI=1S/C23H40O3/c1-13(2)20-15-11-18(21(20)14(3)4)19(12-15)22(25)26-23(5,6)16-7-9-17(24)10-8-16/h13-21,24H,7-12H2,1-6H3. The fourth-order valence-electron chi connectivity index (χ4n) is 6.84. The third-order valence-electron chi connectivity index (χ3n) is 8.02. The highest BCUT2D eigenvalue weighted by Crippen LogP contribution is 2.60. The maximum absolute atomic E-state index is 13.1. The number of rotatable bonds is 5. The summed E-state index contributed by atoms with van der Waals surface area (Å²) in [5, 5.41) is 9.76. The largest absolute Gasteiger partial charge is 0.459 e. The molecule has 2 bridgehead atoms. The molecule has 0 heterocycles. The van der Waals surface area contributed by atoms with Crippen LogP contribution in [-0.4, -0.2) is 22.8 Å². The molecule has 3 nitrogen and oxygen atoms in total. The number of carbonyl (C=O) groups is 1. The van der Waals surface area contributed by atoms with Gasteiger partial charge in [0.15, 0.2) is 0 Å². The Morgan fingerprint density at radius 3 is 2.08 bits per heavy atom. The summed E-state index contributed by atoms with van der Waals surface area (Å²) in [6.45, 7) is 13.5. The van der Waals surface area contributed by atoms with Gasteiger partial charge >= 0.3 is 5.97 Å². The SMILES string of the molecule is CC(C)C1C2CC(C(=O)OC(C)(C)C3CCC(O)CC3)C(C2)C1C(C)C. The maximum Gasteiger partial charge on any atom is 0.309 e. The molecule has 5 unspecified atom stereocenters. The summed E-state index contributed by atoms with van der Waals surface area (Å²) in [6, 6.07) is 0. The summed E-state index contributed by atoms with van der Waals surface area (Å²) in [5.41, 5.74) is -0.413. The molecule has 5 atom stereocenters. The van der Waals surface area contributed by atoms with Crippen molar-refractivity contribution in [3.63, 3.8) is 0 Å². The second-order valence-electron chi connectivity index (χ2n) is 10.7. The molecule has 26 heavy (non-hydrogen) atoms. The van der Waals surface area contributed by atoms with E-state index in [0.29, 0.717) is 35.5 Å². The number of ether oxygens (including phenoxy) is 1. The molecule has 3 heteroatoms. The number of carbonyl (C=O) groups excluding carboxylic acids is 1. The van der Waals surface area contributed by atoms with Gasteiger partial charge in [-0.1, -0.05) is 27.7 Å². The monoisotopic (exact) mass is 364 g/mol. The van der Waals surface area contributed by atoms with E-state index in [4.69, 9.17) is 4.74 Å². The lowest BCUT2D eigenvalue weighted by Crippen LogP contribution is -2.43. The fourth-order valence-corrected chi connectivity index (χ4v) is 6.84. The molecule has 3 saturated carbocycles. The predicted octanol–water partition coefficient (Wildman–Crippen LogP) is 5.06. The average molecular weight is 365 g/mol. The summed E-state index contributed by atoms with van der Waals surface area (Å²) in [6.07, 6.45) is 5.69. The van der Waals surface area contributed by atoms with Crippen molar-refractivity contribution in [3.8, 4) is 0 Å². The summed E-state index contributed by atoms with van der Waals surface area (Å²) in [7, 11) is 0. The molecule has 3 fully saturated rings. The Labute approximate surface area is 160 Å². The van der Waals surface area contributed by atoms with E-state index in [2.05, 4.69) is 41.5 Å². The van der Waals surface area contributed by atoms with Crippen LogP contribution in [0.5, 0.6) is 0 Å². The lowest BCUT2D eigenvalue weighted by atomic mass is 9.66. The molecule has 150 valence electrons. The third kappa shape index (κ3) is 3.70. The number of aliphatic hydroxyl groups is 1. The molecule has 0 amide bonds. The Bertz CT molecular complexity index is 502. The Kier molecular flexibility index (Phi) is 5.78. The molecular formula is C23H40O3. The molecule has 3 rings (SSSR count). The lowest BCUT2D eigenvalue weighted by Gasteiger charge is -2.42. The number of fused-ring (bicyclic) bond motifs is 2. The second-order valence-corrected chi connectivity index (χ2v) is 10.7. The smallest absolute Gasteiger partial charge is 0.309 e. The van der Waals surface area contributed by atoms with Gasteiger partial charge < -0.3 is 9.84 Å². The molecule has 0 aromatic heterocycles. The second kappa shape index (κ2) is 7.45. The number of esters is 1. The summed E-state index contributed by atoms with van der Waals surface area (Å²) >= 11 is 0. The van der Waals surface area contributed by atoms with E-state index in [1.165, 1.54) is 6.42 Å². The Balaban J connectivity index is 1.66. The van der Waals surface area contributed by atoms with Gasteiger partial charge in [0.1, 0.15) is 5.60 Å². The quantitative estimate of drug-likeness (QED) is 0.694. The molecule has 0 aromatic rings. The first-order chi connectivity index (χ1) is 12.1. The maximum atomic E-state index is 13.1. The van der Waals surface area contributed by atoms with Crippen molar-refractivity contribution >= 4 is 5.97 Å². The zero-order chi connectivity index (χ0) is 19.2. The van der Waals surface area contributed by atoms with E-state index in [1.807, 2.05) is 0 Å². The zero-order valence-corrected chi connectivity index (χ0v) is 17.7. The van der Waals surface area contributed by atoms with E-state index in [-0.39, 0.29) is 18.0 Å². The van der Waals surface area contributed by atoms with Crippen LogP contribution in [0.4, 0.5) is 0 Å². The molecule has 3 aliphatic rings. The van der Waals surface area contributed by atoms with Crippen molar-refractivity contribution in [2.45, 2.75) is 91.8 Å². The van der Waals surface area contributed by atoms with Crippen LogP contribution in [0.3, 0.4) is 0 Å². The molecule has 0 saturated heterocycles. The minimum atomic E-state index is -0.413. The minimum Gasteiger partial charge on any atom is -0.459 e. The van der Waals surface area contributed by atoms with Gasteiger partial charge in [-0.15, -0.1) is 0 Å². The average Bonchev–Trinajstić information content (AvgIpc) is 3.12. The zero-order valence-electron chi connectivity index (χ0n) is 17.7. The number of hydrogen-bond donors (Lipinski definition) is 1. The van der Waals surface area contributed by atoms with Gasteiger partial charge in [0.25, 0.3) is 0 Å². The Morgan fingerprint density at radius 2 is 1.54 bits per heavy atom. The van der Waals surface area contributed by atoms with Crippen molar-refractivity contribution in [1.29, 1.82) is 0 Å². The van der Waals surface area contributed by atoms with Gasteiger partial charge in [0, 0.05) is 0 Å². The van der Waals surface area contributed by atoms with Crippen LogP contribution in [0.25, 0.3) is 0 Å². The topological polar surface area (TPSA) is 46.5 Å². The Hall–Kier alpha value is -0.570. The van der Waals surface area contributed by atoms with Gasteiger partial charge in [0.05, 0.1) is 12.0 Å². The van der Waals surface area contributed by atoms with E-state index in [1.54, 1.807) is 0 Å². The van der Waals surface area contributed by atoms with Gasteiger partial charge in [-0.3, -0.25) is 4.79 Å². The molecule has 0 spiro atoms.